The van der Waals surface area contributed by atoms with Crippen LogP contribution in [0.2, 0.25) is 0 Å². The maximum Gasteiger partial charge on any atom is 0.00181 e. The summed E-state index contributed by atoms with van der Waals surface area (Å²) in [6, 6.07) is 0. The van der Waals surface area contributed by atoms with Gasteiger partial charge in [0.2, 0.25) is 0 Å². The molecule has 3 heteroatoms. The van der Waals surface area contributed by atoms with Gasteiger partial charge in [-0.1, -0.05) is 20.8 Å². The third-order valence-electron chi connectivity index (χ3n) is 2.13. The molecule has 80 valence electrons. The molecule has 0 saturated heterocycles. The molecule has 13 heavy (non-hydrogen) atoms. The molecule has 0 N–H and O–H groups in total. The Bertz CT molecular complexity index is 96.9. The van der Waals surface area contributed by atoms with Gasteiger partial charge in [0, 0.05) is 6.54 Å². The van der Waals surface area contributed by atoms with E-state index in [9.17, 15) is 0 Å². The second-order valence-corrected chi connectivity index (χ2v) is 5.87. The van der Waals surface area contributed by atoms with Gasteiger partial charge in [0.25, 0.3) is 0 Å². The van der Waals surface area contributed by atoms with E-state index in [-0.39, 0.29) is 0 Å². The monoisotopic (exact) mass is 221 g/mol. The molecule has 0 aromatic carbocycles. The molecule has 0 amide bonds. The summed E-state index contributed by atoms with van der Waals surface area (Å²) in [5.74, 6) is 2.65. The van der Waals surface area contributed by atoms with Gasteiger partial charge in [-0.3, -0.25) is 0 Å². The fourth-order valence-corrected chi connectivity index (χ4v) is 3.36. The van der Waals surface area contributed by atoms with Crippen LogP contribution < -0.4 is 0 Å². The Morgan fingerprint density at radius 3 is 2.31 bits per heavy atom. The van der Waals surface area contributed by atoms with Gasteiger partial charge >= 0.3 is 0 Å². The first-order chi connectivity index (χ1) is 6.35. The van der Waals surface area contributed by atoms with Crippen molar-refractivity contribution < 1.29 is 0 Å². The minimum Gasteiger partial charge on any atom is -0.304 e. The van der Waals surface area contributed by atoms with Gasteiger partial charge in [-0.05, 0) is 36.9 Å². The maximum absolute atomic E-state index is 2.51. The summed E-state index contributed by atoms with van der Waals surface area (Å²) in [5, 5.41) is 0. The Morgan fingerprint density at radius 1 is 1.08 bits per heavy atom. The first kappa shape index (κ1) is 13.7. The summed E-state index contributed by atoms with van der Waals surface area (Å²) in [7, 11) is 1.18. The molecule has 1 nitrogen and oxygen atoms in total. The Labute approximate surface area is 89.8 Å². The molecule has 0 radical (unpaired) electrons. The molecular formula is C10H24NPS. The van der Waals surface area contributed by atoms with Gasteiger partial charge < -0.3 is 4.90 Å². The highest BCUT2D eigenvalue weighted by atomic mass is 32.2. The Kier molecular flexibility index (Phi) is 11.4. The van der Waals surface area contributed by atoms with Crippen LogP contribution in [-0.2, 0) is 0 Å². The number of nitrogens with zero attached hydrogens (tertiary/aromatic N) is 1. The van der Waals surface area contributed by atoms with Crippen LogP contribution in [0, 0.1) is 0 Å². The van der Waals surface area contributed by atoms with E-state index in [0.717, 1.165) is 0 Å². The van der Waals surface area contributed by atoms with Crippen molar-refractivity contribution in [2.45, 2.75) is 20.8 Å². The average Bonchev–Trinajstić information content (AvgIpc) is 2.17. The van der Waals surface area contributed by atoms with Crippen molar-refractivity contribution in [2.75, 3.05) is 43.5 Å². The number of hydrogen-bond donors (Lipinski definition) is 0. The van der Waals surface area contributed by atoms with Crippen LogP contribution in [0.3, 0.4) is 0 Å². The van der Waals surface area contributed by atoms with Crippen molar-refractivity contribution in [3.8, 4) is 0 Å². The molecule has 0 rings (SSSR count). The van der Waals surface area contributed by atoms with Crippen LogP contribution in [0.4, 0.5) is 0 Å². The molecule has 1 unspecified atom stereocenters. The minimum absolute atomic E-state index is 1.18. The Balaban J connectivity index is 3.05. The van der Waals surface area contributed by atoms with Crippen LogP contribution >= 0.6 is 20.3 Å². The fourth-order valence-electron chi connectivity index (χ4n) is 1.19. The zero-order chi connectivity index (χ0) is 9.94. The van der Waals surface area contributed by atoms with Gasteiger partial charge in [0.05, 0.1) is 0 Å². The van der Waals surface area contributed by atoms with Crippen molar-refractivity contribution in [2.24, 2.45) is 0 Å². The van der Waals surface area contributed by atoms with Gasteiger partial charge in [0.1, 0.15) is 0 Å². The smallest absolute Gasteiger partial charge is 0.00181 e. The first-order valence-corrected chi connectivity index (χ1v) is 7.92. The maximum atomic E-state index is 2.51. The van der Waals surface area contributed by atoms with Crippen LogP contribution in [0.25, 0.3) is 0 Å². The molecule has 0 aliphatic rings. The van der Waals surface area contributed by atoms with Crippen LogP contribution in [0.1, 0.15) is 20.8 Å². The molecule has 0 saturated carbocycles. The lowest BCUT2D eigenvalue weighted by Gasteiger charge is -2.17. The van der Waals surface area contributed by atoms with E-state index in [0.29, 0.717) is 0 Å². The SMILES string of the molecule is CCSCCPCCN(CC)CC. The van der Waals surface area contributed by atoms with Gasteiger partial charge in [-0.15, -0.1) is 8.58 Å². The number of hydrogen-bond acceptors (Lipinski definition) is 2. The lowest BCUT2D eigenvalue weighted by Crippen LogP contribution is -2.25. The summed E-state index contributed by atoms with van der Waals surface area (Å²) in [4.78, 5) is 2.51. The molecule has 0 heterocycles. The van der Waals surface area contributed by atoms with Crippen LogP contribution in [0.5, 0.6) is 0 Å². The van der Waals surface area contributed by atoms with Crippen LogP contribution in [0.15, 0.2) is 0 Å². The summed E-state index contributed by atoms with van der Waals surface area (Å²) in [6.07, 6.45) is 2.84. The van der Waals surface area contributed by atoms with E-state index in [1.165, 1.54) is 52.0 Å². The van der Waals surface area contributed by atoms with Gasteiger partial charge in [-0.25, -0.2) is 0 Å². The topological polar surface area (TPSA) is 3.24 Å². The molecule has 1 atom stereocenters. The van der Waals surface area contributed by atoms with Crippen molar-refractivity contribution in [1.29, 1.82) is 0 Å². The number of rotatable bonds is 9. The van der Waals surface area contributed by atoms with E-state index in [4.69, 9.17) is 0 Å². The molecule has 0 aliphatic heterocycles. The molecule has 0 fully saturated rings. The first-order valence-electron chi connectivity index (χ1n) is 5.35. The molecule has 0 bridgehead atoms. The minimum atomic E-state index is 1.18. The third kappa shape index (κ3) is 9.05. The normalized spacial score (nSPS) is 12.0. The van der Waals surface area contributed by atoms with Crippen molar-refractivity contribution >= 4 is 20.3 Å². The molecule has 0 aromatic rings. The molecule has 0 aromatic heterocycles. The molecule has 0 spiro atoms. The lowest BCUT2D eigenvalue weighted by atomic mass is 10.5. The van der Waals surface area contributed by atoms with E-state index < -0.39 is 0 Å². The Hall–Kier alpha value is 0.740. The largest absolute Gasteiger partial charge is 0.304 e. The summed E-state index contributed by atoms with van der Waals surface area (Å²) < 4.78 is 0. The second-order valence-electron chi connectivity index (χ2n) is 2.97. The average molecular weight is 221 g/mol. The van der Waals surface area contributed by atoms with Gasteiger partial charge in [0.15, 0.2) is 0 Å². The predicted octanol–water partition coefficient (Wildman–Crippen LogP) is 2.76. The van der Waals surface area contributed by atoms with Crippen molar-refractivity contribution in [3.05, 3.63) is 0 Å². The van der Waals surface area contributed by atoms with E-state index in [1.807, 2.05) is 0 Å². The summed E-state index contributed by atoms with van der Waals surface area (Å²) >= 11 is 2.07. The highest BCUT2D eigenvalue weighted by Gasteiger charge is 1.97. The second kappa shape index (κ2) is 10.8. The Morgan fingerprint density at radius 2 is 1.77 bits per heavy atom. The van der Waals surface area contributed by atoms with Crippen molar-refractivity contribution in [1.82, 2.24) is 4.90 Å². The zero-order valence-corrected chi connectivity index (χ0v) is 11.1. The molecular weight excluding hydrogens is 197 g/mol. The zero-order valence-electron chi connectivity index (χ0n) is 9.31. The lowest BCUT2D eigenvalue weighted by molar-refractivity contribution is 0.323. The van der Waals surface area contributed by atoms with Crippen molar-refractivity contribution in [3.63, 3.8) is 0 Å². The predicted molar refractivity (Wildman–Crippen MR) is 68.8 cm³/mol. The van der Waals surface area contributed by atoms with E-state index in [1.54, 1.807) is 0 Å². The highest BCUT2D eigenvalue weighted by molar-refractivity contribution is 7.99. The standard InChI is InChI=1S/C10H24NPS/c1-4-11(5-2)7-8-12-9-10-13-6-3/h12H,4-10H2,1-3H3. The van der Waals surface area contributed by atoms with Gasteiger partial charge in [-0.2, -0.15) is 11.8 Å². The van der Waals surface area contributed by atoms with Crippen LogP contribution in [-0.4, -0.2) is 48.4 Å². The molecule has 0 aliphatic carbocycles. The number of thioether (sulfide) groups is 1. The van der Waals surface area contributed by atoms with E-state index in [2.05, 4.69) is 37.4 Å². The quantitative estimate of drug-likeness (QED) is 0.435. The highest BCUT2D eigenvalue weighted by Crippen LogP contribution is 2.12. The van der Waals surface area contributed by atoms with E-state index >= 15 is 0 Å². The summed E-state index contributed by atoms with van der Waals surface area (Å²) in [5.41, 5.74) is 0. The fraction of sp³-hybridized carbons (Fsp3) is 1.00. The summed E-state index contributed by atoms with van der Waals surface area (Å²) in [6.45, 7) is 10.5. The third-order valence-corrected chi connectivity index (χ3v) is 4.57.